The summed E-state index contributed by atoms with van der Waals surface area (Å²) >= 11 is -1.84. The zero-order valence-corrected chi connectivity index (χ0v) is 9.54. The number of aryl methyl sites for hydroxylation is 1. The molecule has 1 heterocycles. The fraction of sp³-hybridized carbons (Fsp3) is 0.455. The Bertz CT molecular complexity index is 363. The van der Waals surface area contributed by atoms with Crippen LogP contribution in [0.4, 0.5) is 0 Å². The van der Waals surface area contributed by atoms with E-state index < -0.39 is 11.3 Å². The molecule has 0 spiro atoms. The molecule has 15 heavy (non-hydrogen) atoms. The second kappa shape index (κ2) is 4.43. The van der Waals surface area contributed by atoms with Crippen molar-refractivity contribution >= 4 is 11.3 Å². The van der Waals surface area contributed by atoms with Gasteiger partial charge in [0.2, 0.25) is 11.3 Å². The first-order valence-corrected chi connectivity index (χ1v) is 6.19. The van der Waals surface area contributed by atoms with Crippen molar-refractivity contribution in [3.05, 3.63) is 35.4 Å². The van der Waals surface area contributed by atoms with Crippen molar-refractivity contribution in [1.29, 1.82) is 0 Å². The Morgan fingerprint density at radius 2 is 2.07 bits per heavy atom. The summed E-state index contributed by atoms with van der Waals surface area (Å²) in [5.74, 6) is 0. The van der Waals surface area contributed by atoms with Gasteiger partial charge in [0.1, 0.15) is 0 Å². The lowest BCUT2D eigenvalue weighted by molar-refractivity contribution is 0.383. The van der Waals surface area contributed by atoms with Gasteiger partial charge in [0.15, 0.2) is 0 Å². The Balaban J connectivity index is 2.22. The first-order valence-electron chi connectivity index (χ1n) is 5.12. The highest BCUT2D eigenvalue weighted by Gasteiger charge is 2.29. The van der Waals surface area contributed by atoms with Crippen molar-refractivity contribution in [1.82, 2.24) is 4.31 Å². The van der Waals surface area contributed by atoms with Crippen LogP contribution in [-0.4, -0.2) is 19.6 Å². The van der Waals surface area contributed by atoms with Gasteiger partial charge in [0.25, 0.3) is 0 Å². The second-order valence-electron chi connectivity index (χ2n) is 3.94. The molecule has 0 radical (unpaired) electrons. The maximum absolute atomic E-state index is 11.1. The Hall–Kier alpha value is -0.710. The van der Waals surface area contributed by atoms with Gasteiger partial charge >= 0.3 is 0 Å². The molecule has 0 amide bonds. The van der Waals surface area contributed by atoms with Gasteiger partial charge in [-0.1, -0.05) is 29.8 Å². The van der Waals surface area contributed by atoms with E-state index in [1.807, 2.05) is 31.2 Å². The Morgan fingerprint density at radius 3 is 2.67 bits per heavy atom. The molecule has 1 N–H and O–H groups in total. The van der Waals surface area contributed by atoms with Crippen LogP contribution in [0.5, 0.6) is 0 Å². The molecule has 1 aromatic carbocycles. The van der Waals surface area contributed by atoms with E-state index >= 15 is 0 Å². The third-order valence-electron chi connectivity index (χ3n) is 2.87. The molecule has 1 aliphatic heterocycles. The lowest BCUT2D eigenvalue weighted by Gasteiger charge is -2.20. The van der Waals surface area contributed by atoms with E-state index in [1.54, 1.807) is 4.31 Å². The highest BCUT2D eigenvalue weighted by atomic mass is 32.2. The molecule has 1 saturated heterocycles. The predicted octanol–water partition coefficient (Wildman–Crippen LogP) is 2.27. The third kappa shape index (κ3) is 2.27. The summed E-state index contributed by atoms with van der Waals surface area (Å²) in [4.78, 5) is 0. The highest BCUT2D eigenvalue weighted by Crippen LogP contribution is 2.32. The van der Waals surface area contributed by atoms with Gasteiger partial charge in [0, 0.05) is 12.6 Å². The number of hydrogen-bond acceptors (Lipinski definition) is 1. The summed E-state index contributed by atoms with van der Waals surface area (Å²) in [7, 11) is 0. The molecule has 2 unspecified atom stereocenters. The highest BCUT2D eigenvalue weighted by molar-refractivity contribution is 7.76. The van der Waals surface area contributed by atoms with Crippen molar-refractivity contribution in [2.24, 2.45) is 0 Å². The first kappa shape index (κ1) is 10.8. The zero-order valence-electron chi connectivity index (χ0n) is 8.72. The van der Waals surface area contributed by atoms with Crippen molar-refractivity contribution in [2.45, 2.75) is 25.8 Å². The van der Waals surface area contributed by atoms with E-state index in [2.05, 4.69) is 0 Å². The maximum atomic E-state index is 11.1. The molecule has 0 bridgehead atoms. The molecule has 1 aromatic rings. The van der Waals surface area contributed by atoms with Gasteiger partial charge in [0.05, 0.1) is 0 Å². The standard InChI is InChI=1S/C11H15NO2S/c1-9-4-6-10(7-5-9)11-3-2-8-12(11)15(13)14/h4-7,11H,2-3,8H2,1H3,(H,13,14). The second-order valence-corrected chi connectivity index (χ2v) is 4.87. The van der Waals surface area contributed by atoms with Gasteiger partial charge in [-0.25, -0.2) is 4.21 Å². The third-order valence-corrected chi connectivity index (χ3v) is 3.70. The molecule has 82 valence electrons. The summed E-state index contributed by atoms with van der Waals surface area (Å²) in [6, 6.07) is 8.30. The fourth-order valence-electron chi connectivity index (χ4n) is 2.05. The van der Waals surface area contributed by atoms with Gasteiger partial charge in [-0.15, -0.1) is 0 Å². The van der Waals surface area contributed by atoms with Crippen molar-refractivity contribution < 1.29 is 8.76 Å². The van der Waals surface area contributed by atoms with Gasteiger partial charge in [-0.2, -0.15) is 4.31 Å². The molecule has 1 aliphatic rings. The monoisotopic (exact) mass is 225 g/mol. The molecule has 3 nitrogen and oxygen atoms in total. The van der Waals surface area contributed by atoms with E-state index in [0.29, 0.717) is 6.54 Å². The van der Waals surface area contributed by atoms with Crippen LogP contribution in [0.2, 0.25) is 0 Å². The van der Waals surface area contributed by atoms with Crippen LogP contribution >= 0.6 is 0 Å². The molecule has 2 rings (SSSR count). The normalized spacial score (nSPS) is 24.3. The molecule has 1 fully saturated rings. The largest absolute Gasteiger partial charge is 0.294 e. The smallest absolute Gasteiger partial charge is 0.235 e. The number of benzene rings is 1. The quantitative estimate of drug-likeness (QED) is 0.784. The fourth-order valence-corrected chi connectivity index (χ4v) is 2.78. The number of rotatable bonds is 2. The number of hydrogen-bond donors (Lipinski definition) is 1. The molecule has 0 aliphatic carbocycles. The van der Waals surface area contributed by atoms with Crippen LogP contribution in [-0.2, 0) is 11.3 Å². The lowest BCUT2D eigenvalue weighted by atomic mass is 10.0. The van der Waals surface area contributed by atoms with E-state index in [4.69, 9.17) is 4.55 Å². The summed E-state index contributed by atoms with van der Waals surface area (Å²) in [6.45, 7) is 2.75. The molecule has 0 aromatic heterocycles. The average Bonchev–Trinajstić information content (AvgIpc) is 2.67. The Labute approximate surface area is 92.5 Å². The van der Waals surface area contributed by atoms with E-state index in [9.17, 15) is 4.21 Å². The number of nitrogens with zero attached hydrogens (tertiary/aromatic N) is 1. The Morgan fingerprint density at radius 1 is 1.40 bits per heavy atom. The Kier molecular flexibility index (Phi) is 3.19. The topological polar surface area (TPSA) is 40.5 Å². The molecular weight excluding hydrogens is 210 g/mol. The SMILES string of the molecule is Cc1ccc(C2CCCN2S(=O)O)cc1. The minimum absolute atomic E-state index is 0.108. The van der Waals surface area contributed by atoms with E-state index in [1.165, 1.54) is 5.56 Å². The van der Waals surface area contributed by atoms with Crippen LogP contribution < -0.4 is 0 Å². The van der Waals surface area contributed by atoms with Crippen LogP contribution in [0.1, 0.15) is 30.0 Å². The van der Waals surface area contributed by atoms with Crippen LogP contribution in [0.3, 0.4) is 0 Å². The van der Waals surface area contributed by atoms with E-state index in [0.717, 1.165) is 18.4 Å². The van der Waals surface area contributed by atoms with E-state index in [-0.39, 0.29) is 6.04 Å². The van der Waals surface area contributed by atoms with Gasteiger partial charge in [-0.05, 0) is 25.3 Å². The van der Waals surface area contributed by atoms with Crippen LogP contribution in [0.25, 0.3) is 0 Å². The minimum Gasteiger partial charge on any atom is -0.294 e. The van der Waals surface area contributed by atoms with Crippen LogP contribution in [0, 0.1) is 6.92 Å². The average molecular weight is 225 g/mol. The van der Waals surface area contributed by atoms with Crippen molar-refractivity contribution in [3.8, 4) is 0 Å². The lowest BCUT2D eigenvalue weighted by Crippen LogP contribution is -2.24. The summed E-state index contributed by atoms with van der Waals surface area (Å²) in [6.07, 6.45) is 1.96. The van der Waals surface area contributed by atoms with Crippen molar-refractivity contribution in [2.75, 3.05) is 6.54 Å². The van der Waals surface area contributed by atoms with Gasteiger partial charge in [-0.3, -0.25) is 4.55 Å². The first-order chi connectivity index (χ1) is 7.18. The predicted molar refractivity (Wildman–Crippen MR) is 60.6 cm³/mol. The van der Waals surface area contributed by atoms with Crippen molar-refractivity contribution in [3.63, 3.8) is 0 Å². The summed E-state index contributed by atoms with van der Waals surface area (Å²) < 4.78 is 21.9. The molecule has 0 saturated carbocycles. The van der Waals surface area contributed by atoms with Crippen LogP contribution in [0.15, 0.2) is 24.3 Å². The molecule has 2 atom stereocenters. The summed E-state index contributed by atoms with van der Waals surface area (Å²) in [5, 5.41) is 0. The zero-order chi connectivity index (χ0) is 10.8. The van der Waals surface area contributed by atoms with Gasteiger partial charge < -0.3 is 0 Å². The maximum Gasteiger partial charge on any atom is 0.235 e. The minimum atomic E-state index is -1.84. The molecule has 4 heteroatoms. The molecular formula is C11H15NO2S. The summed E-state index contributed by atoms with van der Waals surface area (Å²) in [5.41, 5.74) is 2.36.